The molecule has 6 heteroatoms. The van der Waals surface area contributed by atoms with Gasteiger partial charge in [0, 0.05) is 65.4 Å². The van der Waals surface area contributed by atoms with Crippen LogP contribution in [-0.2, 0) is 19.6 Å². The van der Waals surface area contributed by atoms with Gasteiger partial charge in [-0.15, -0.1) is 0 Å². The Labute approximate surface area is 234 Å². The molecule has 0 saturated carbocycles. The Morgan fingerprint density at radius 3 is 0.972 bits per heavy atom. The number of hydrogen-bond donors (Lipinski definition) is 0. The Balaban J connectivity index is 2.02. The molecule has 180 valence electrons. The summed E-state index contributed by atoms with van der Waals surface area (Å²) in [6.07, 6.45) is 0. The standard InChI is InChI=1S/C30H24Br3N3/c1-4-34-25-16(10-7-13-19(25)31)22-28(34)23-17-11-8-14-20(32)26(17)35(5-2)30(23)24-18-12-9-15-21(33)27(18)36(6-3)29(22)24/h7-15H,4-6H2,1-3H3. The van der Waals surface area contributed by atoms with Crippen LogP contribution < -0.4 is 0 Å². The van der Waals surface area contributed by atoms with Crippen molar-refractivity contribution in [2.75, 3.05) is 0 Å². The topological polar surface area (TPSA) is 14.8 Å². The van der Waals surface area contributed by atoms with Crippen molar-refractivity contribution in [1.29, 1.82) is 0 Å². The molecule has 0 atom stereocenters. The molecule has 0 aliphatic rings. The first-order valence-electron chi connectivity index (χ1n) is 12.5. The van der Waals surface area contributed by atoms with E-state index in [1.807, 2.05) is 0 Å². The maximum Gasteiger partial charge on any atom is 0.0636 e. The van der Waals surface area contributed by atoms with Gasteiger partial charge in [-0.25, -0.2) is 0 Å². The van der Waals surface area contributed by atoms with E-state index in [0.29, 0.717) is 0 Å². The summed E-state index contributed by atoms with van der Waals surface area (Å²) < 4.78 is 11.0. The van der Waals surface area contributed by atoms with E-state index < -0.39 is 0 Å². The molecule has 7 rings (SSSR count). The summed E-state index contributed by atoms with van der Waals surface area (Å²) >= 11 is 11.7. The molecule has 0 amide bonds. The lowest BCUT2D eigenvalue weighted by molar-refractivity contribution is 0.820. The van der Waals surface area contributed by atoms with Gasteiger partial charge in [0.2, 0.25) is 0 Å². The van der Waals surface area contributed by atoms with Gasteiger partial charge in [-0.05, 0) is 86.8 Å². The van der Waals surface area contributed by atoms with Crippen LogP contribution in [0.3, 0.4) is 0 Å². The molecule has 0 aliphatic carbocycles. The SMILES string of the molecule is CCn1c2c(Br)cccc2c2c1c1c3cccc(Br)c3n(CC)c1c1c3cccc(Br)c3n(CC)c21. The van der Waals surface area contributed by atoms with Crippen molar-refractivity contribution < 1.29 is 0 Å². The highest BCUT2D eigenvalue weighted by atomic mass is 79.9. The zero-order chi connectivity index (χ0) is 24.9. The van der Waals surface area contributed by atoms with Crippen LogP contribution in [0.2, 0.25) is 0 Å². The number of halogens is 3. The molecule has 4 aromatic carbocycles. The van der Waals surface area contributed by atoms with E-state index in [4.69, 9.17) is 0 Å². The van der Waals surface area contributed by atoms with Crippen LogP contribution in [0.5, 0.6) is 0 Å². The Morgan fingerprint density at radius 2 is 0.722 bits per heavy atom. The average Bonchev–Trinajstić information content (AvgIpc) is 3.50. The molecule has 0 fully saturated rings. The zero-order valence-corrected chi connectivity index (χ0v) is 25.1. The Hall–Kier alpha value is -2.28. The van der Waals surface area contributed by atoms with Gasteiger partial charge in [0.25, 0.3) is 0 Å². The second-order valence-corrected chi connectivity index (χ2v) is 11.9. The molecule has 7 aromatic rings. The van der Waals surface area contributed by atoms with Crippen molar-refractivity contribution >= 4 is 113 Å². The number of fused-ring (bicyclic) bond motifs is 12. The predicted molar refractivity (Wildman–Crippen MR) is 166 cm³/mol. The predicted octanol–water partition coefficient (Wildman–Crippen LogP) is 10.4. The molecule has 0 radical (unpaired) electrons. The number of aryl methyl sites for hydroxylation is 3. The quantitative estimate of drug-likeness (QED) is 0.178. The fourth-order valence-electron chi connectivity index (χ4n) is 6.54. The summed E-state index contributed by atoms with van der Waals surface area (Å²) in [5.41, 5.74) is 7.77. The zero-order valence-electron chi connectivity index (χ0n) is 20.3. The van der Waals surface area contributed by atoms with Gasteiger partial charge in [0.05, 0.1) is 33.1 Å². The number of hydrogen-bond acceptors (Lipinski definition) is 0. The van der Waals surface area contributed by atoms with Crippen molar-refractivity contribution in [1.82, 2.24) is 13.7 Å². The van der Waals surface area contributed by atoms with E-state index in [-0.39, 0.29) is 0 Å². The number of nitrogens with zero attached hydrogens (tertiary/aromatic N) is 3. The Morgan fingerprint density at radius 1 is 0.444 bits per heavy atom. The third kappa shape index (κ3) is 2.68. The van der Waals surface area contributed by atoms with Gasteiger partial charge in [-0.1, -0.05) is 36.4 Å². The Bertz CT molecular complexity index is 1770. The Kier molecular flexibility index (Phi) is 5.15. The molecule has 3 aromatic heterocycles. The monoisotopic (exact) mass is 663 g/mol. The maximum atomic E-state index is 3.91. The summed E-state index contributed by atoms with van der Waals surface area (Å²) in [6.45, 7) is 9.46. The molecule has 0 spiro atoms. The lowest BCUT2D eigenvalue weighted by Crippen LogP contribution is -1.98. The average molecular weight is 666 g/mol. The van der Waals surface area contributed by atoms with Crippen LogP contribution >= 0.6 is 47.8 Å². The molecule has 0 bridgehead atoms. The molecule has 3 nitrogen and oxygen atoms in total. The lowest BCUT2D eigenvalue weighted by atomic mass is 10.0. The lowest BCUT2D eigenvalue weighted by Gasteiger charge is -2.11. The van der Waals surface area contributed by atoms with Crippen LogP contribution in [0.4, 0.5) is 0 Å². The molecule has 0 N–H and O–H groups in total. The van der Waals surface area contributed by atoms with Gasteiger partial charge in [0.1, 0.15) is 0 Å². The molecule has 36 heavy (non-hydrogen) atoms. The van der Waals surface area contributed by atoms with Gasteiger partial charge < -0.3 is 13.7 Å². The van der Waals surface area contributed by atoms with E-state index in [0.717, 1.165) is 33.1 Å². The fourth-order valence-corrected chi connectivity index (χ4v) is 8.29. The number of rotatable bonds is 3. The minimum absolute atomic E-state index is 0.895. The highest BCUT2D eigenvalue weighted by molar-refractivity contribution is 9.11. The summed E-state index contributed by atoms with van der Waals surface area (Å²) in [5.74, 6) is 0. The summed E-state index contributed by atoms with van der Waals surface area (Å²) in [4.78, 5) is 0. The van der Waals surface area contributed by atoms with Gasteiger partial charge in [-0.3, -0.25) is 0 Å². The minimum Gasteiger partial charge on any atom is -0.339 e. The highest BCUT2D eigenvalue weighted by Gasteiger charge is 2.28. The molecule has 0 unspecified atom stereocenters. The van der Waals surface area contributed by atoms with E-state index >= 15 is 0 Å². The molecular formula is C30H24Br3N3. The van der Waals surface area contributed by atoms with E-state index in [9.17, 15) is 0 Å². The van der Waals surface area contributed by atoms with Crippen molar-refractivity contribution in [3.8, 4) is 0 Å². The fraction of sp³-hybridized carbons (Fsp3) is 0.200. The molecule has 0 saturated heterocycles. The molecule has 0 aliphatic heterocycles. The van der Waals surface area contributed by atoms with Crippen LogP contribution in [0.25, 0.3) is 65.4 Å². The maximum absolute atomic E-state index is 3.91. The third-order valence-corrected chi connectivity index (χ3v) is 9.68. The first-order valence-corrected chi connectivity index (χ1v) is 14.8. The van der Waals surface area contributed by atoms with E-state index in [1.165, 1.54) is 65.4 Å². The first-order chi connectivity index (χ1) is 17.5. The van der Waals surface area contributed by atoms with Crippen molar-refractivity contribution in [2.24, 2.45) is 0 Å². The van der Waals surface area contributed by atoms with Crippen molar-refractivity contribution in [3.63, 3.8) is 0 Å². The smallest absolute Gasteiger partial charge is 0.0636 e. The largest absolute Gasteiger partial charge is 0.339 e. The van der Waals surface area contributed by atoms with Crippen LogP contribution in [0.1, 0.15) is 20.8 Å². The minimum atomic E-state index is 0.895. The highest BCUT2D eigenvalue weighted by Crippen LogP contribution is 2.50. The van der Waals surface area contributed by atoms with Crippen LogP contribution in [0, 0.1) is 0 Å². The number of benzene rings is 4. The summed E-state index contributed by atoms with van der Waals surface area (Å²) in [6, 6.07) is 19.9. The second-order valence-electron chi connectivity index (χ2n) is 9.31. The second kappa shape index (κ2) is 8.11. The summed E-state index contributed by atoms with van der Waals surface area (Å²) in [7, 11) is 0. The van der Waals surface area contributed by atoms with Crippen molar-refractivity contribution in [2.45, 2.75) is 40.4 Å². The normalized spacial score (nSPS) is 12.5. The van der Waals surface area contributed by atoms with Crippen molar-refractivity contribution in [3.05, 3.63) is 68.0 Å². The summed E-state index contributed by atoms with van der Waals surface area (Å²) in [5, 5.41) is 7.93. The van der Waals surface area contributed by atoms with Crippen LogP contribution in [0.15, 0.2) is 68.0 Å². The first kappa shape index (κ1) is 22.9. The number of aromatic nitrogens is 3. The molecule has 3 heterocycles. The number of para-hydroxylation sites is 3. The molecular weight excluding hydrogens is 642 g/mol. The van der Waals surface area contributed by atoms with E-state index in [2.05, 4.69) is 137 Å². The van der Waals surface area contributed by atoms with Crippen LogP contribution in [-0.4, -0.2) is 13.7 Å². The van der Waals surface area contributed by atoms with Gasteiger partial charge in [-0.2, -0.15) is 0 Å². The van der Waals surface area contributed by atoms with Gasteiger partial charge in [0.15, 0.2) is 0 Å². The third-order valence-electron chi connectivity index (χ3n) is 7.76. The van der Waals surface area contributed by atoms with E-state index in [1.54, 1.807) is 0 Å². The van der Waals surface area contributed by atoms with Gasteiger partial charge >= 0.3 is 0 Å².